The van der Waals surface area contributed by atoms with E-state index in [4.69, 9.17) is 27.9 Å². The van der Waals surface area contributed by atoms with Crippen molar-refractivity contribution in [2.45, 2.75) is 20.3 Å². The van der Waals surface area contributed by atoms with Gasteiger partial charge in [-0.2, -0.15) is 5.10 Å². The van der Waals surface area contributed by atoms with Crippen LogP contribution in [-0.2, 0) is 9.59 Å². The fraction of sp³-hybridized carbons (Fsp3) is 0.211. The average Bonchev–Trinajstić information content (AvgIpc) is 2.60. The van der Waals surface area contributed by atoms with Gasteiger partial charge in [-0.3, -0.25) is 9.59 Å². The second-order valence-electron chi connectivity index (χ2n) is 5.96. The molecule has 0 saturated heterocycles. The number of hydrazone groups is 1. The maximum Gasteiger partial charge on any atom is 0.277 e. The highest BCUT2D eigenvalue weighted by molar-refractivity contribution is 9.10. The molecule has 2 amide bonds. The van der Waals surface area contributed by atoms with Gasteiger partial charge in [0, 0.05) is 25.9 Å². The van der Waals surface area contributed by atoms with E-state index in [1.165, 1.54) is 0 Å². The second kappa shape index (κ2) is 10.5. The van der Waals surface area contributed by atoms with Gasteiger partial charge in [-0.25, -0.2) is 5.43 Å². The van der Waals surface area contributed by atoms with Gasteiger partial charge < -0.3 is 10.1 Å². The van der Waals surface area contributed by atoms with Crippen molar-refractivity contribution in [2.75, 3.05) is 11.9 Å². The molecular formula is C19H18BrCl2N3O3. The fourth-order valence-electron chi connectivity index (χ4n) is 2.15. The summed E-state index contributed by atoms with van der Waals surface area (Å²) in [5.41, 5.74) is 4.27. The third kappa shape index (κ3) is 7.50. The summed E-state index contributed by atoms with van der Waals surface area (Å²) in [6.45, 7) is 3.36. The molecule has 0 radical (unpaired) electrons. The molecule has 28 heavy (non-hydrogen) atoms. The molecule has 0 aliphatic carbocycles. The van der Waals surface area contributed by atoms with Gasteiger partial charge >= 0.3 is 0 Å². The van der Waals surface area contributed by atoms with Crippen molar-refractivity contribution in [3.05, 3.63) is 56.5 Å². The molecule has 0 spiro atoms. The lowest BCUT2D eigenvalue weighted by Crippen LogP contribution is -2.26. The molecule has 0 unspecified atom stereocenters. The lowest BCUT2D eigenvalue weighted by Gasteiger charge is -2.08. The number of halogens is 3. The van der Waals surface area contributed by atoms with Gasteiger partial charge in [0.2, 0.25) is 5.91 Å². The summed E-state index contributed by atoms with van der Waals surface area (Å²) in [6, 6.07) is 10.2. The Balaban J connectivity index is 1.79. The summed E-state index contributed by atoms with van der Waals surface area (Å²) in [4.78, 5) is 23.9. The molecule has 2 N–H and O–H groups in total. The number of nitrogens with zero attached hydrogens (tertiary/aromatic N) is 1. The third-order valence-corrected chi connectivity index (χ3v) is 4.76. The number of carbonyl (C=O) groups is 2. The first kappa shape index (κ1) is 22.2. The minimum Gasteiger partial charge on any atom is -0.484 e. The molecule has 0 aliphatic rings. The Hall–Kier alpha value is -2.09. The summed E-state index contributed by atoms with van der Waals surface area (Å²) >= 11 is 15.2. The molecule has 0 atom stereocenters. The van der Waals surface area contributed by atoms with E-state index >= 15 is 0 Å². The van der Waals surface area contributed by atoms with Crippen molar-refractivity contribution in [3.63, 3.8) is 0 Å². The molecule has 2 aromatic rings. The highest BCUT2D eigenvalue weighted by Crippen LogP contribution is 2.23. The van der Waals surface area contributed by atoms with E-state index in [1.54, 1.807) is 31.2 Å². The largest absolute Gasteiger partial charge is 0.484 e. The number of nitrogens with one attached hydrogen (secondary N) is 2. The van der Waals surface area contributed by atoms with Crippen LogP contribution >= 0.6 is 39.1 Å². The molecule has 2 aromatic carbocycles. The molecule has 0 saturated carbocycles. The first-order chi connectivity index (χ1) is 13.2. The van der Waals surface area contributed by atoms with Gasteiger partial charge in [-0.15, -0.1) is 0 Å². The summed E-state index contributed by atoms with van der Waals surface area (Å²) in [7, 11) is 0. The van der Waals surface area contributed by atoms with Crippen LogP contribution < -0.4 is 15.5 Å². The van der Waals surface area contributed by atoms with E-state index in [2.05, 4.69) is 31.8 Å². The molecule has 148 valence electrons. The number of anilines is 1. The van der Waals surface area contributed by atoms with E-state index in [1.807, 2.05) is 19.1 Å². The van der Waals surface area contributed by atoms with E-state index in [0.717, 1.165) is 10.0 Å². The van der Waals surface area contributed by atoms with E-state index in [9.17, 15) is 9.59 Å². The van der Waals surface area contributed by atoms with Gasteiger partial charge in [-0.05, 0) is 55.8 Å². The van der Waals surface area contributed by atoms with Crippen LogP contribution in [0.25, 0.3) is 0 Å². The number of carbonyl (C=O) groups excluding carboxylic acids is 2. The fourth-order valence-corrected chi connectivity index (χ4v) is 2.92. The number of aryl methyl sites for hydroxylation is 1. The van der Waals surface area contributed by atoms with Crippen molar-refractivity contribution in [1.29, 1.82) is 0 Å². The Labute approximate surface area is 181 Å². The monoisotopic (exact) mass is 485 g/mol. The Morgan fingerprint density at radius 2 is 1.79 bits per heavy atom. The quantitative estimate of drug-likeness (QED) is 0.428. The zero-order chi connectivity index (χ0) is 20.7. The lowest BCUT2D eigenvalue weighted by atomic mass is 10.2. The zero-order valence-electron chi connectivity index (χ0n) is 15.2. The van der Waals surface area contributed by atoms with E-state index in [-0.39, 0.29) is 18.9 Å². The number of rotatable bonds is 7. The molecule has 6 nitrogen and oxygen atoms in total. The minimum absolute atomic E-state index is 0.00280. The van der Waals surface area contributed by atoms with Gasteiger partial charge in [0.15, 0.2) is 6.61 Å². The van der Waals surface area contributed by atoms with E-state index in [0.29, 0.717) is 27.2 Å². The third-order valence-electron chi connectivity index (χ3n) is 3.43. The van der Waals surface area contributed by atoms with Crippen molar-refractivity contribution in [1.82, 2.24) is 5.43 Å². The number of ether oxygens (including phenoxy) is 1. The predicted octanol–water partition coefficient (Wildman–Crippen LogP) is 4.96. The maximum atomic E-state index is 12.0. The standard InChI is InChI=1S/C19H18BrCl2N3O3/c1-11-5-16(3-4-17(11)20)28-10-19(27)25-24-12(2)6-18(26)23-15-8-13(21)7-14(22)9-15/h3-5,7-9H,6,10H2,1-2H3,(H,23,26)(H,25,27)/b24-12+. The Bertz CT molecular complexity index is 899. The highest BCUT2D eigenvalue weighted by Gasteiger charge is 2.08. The van der Waals surface area contributed by atoms with Gasteiger partial charge in [0.25, 0.3) is 5.91 Å². The summed E-state index contributed by atoms with van der Waals surface area (Å²) in [5.74, 6) is -0.159. The number of amides is 2. The summed E-state index contributed by atoms with van der Waals surface area (Å²) < 4.78 is 6.37. The van der Waals surface area contributed by atoms with Crippen LogP contribution in [0.3, 0.4) is 0 Å². The molecule has 0 fully saturated rings. The molecule has 0 bridgehead atoms. The summed E-state index contributed by atoms with van der Waals surface area (Å²) in [6.07, 6.45) is -0.00280. The Morgan fingerprint density at radius 1 is 1.11 bits per heavy atom. The van der Waals surface area contributed by atoms with Crippen molar-refractivity contribution >= 4 is 62.3 Å². The normalized spacial score (nSPS) is 11.1. The number of hydrogen-bond acceptors (Lipinski definition) is 4. The van der Waals surface area contributed by atoms with Gasteiger partial charge in [0.05, 0.1) is 6.42 Å². The van der Waals surface area contributed by atoms with Crippen molar-refractivity contribution in [3.8, 4) is 5.75 Å². The van der Waals surface area contributed by atoms with Crippen LogP contribution in [0.2, 0.25) is 10.0 Å². The second-order valence-corrected chi connectivity index (χ2v) is 7.69. The molecule has 0 aliphatic heterocycles. The van der Waals surface area contributed by atoms with Crippen LogP contribution in [0.5, 0.6) is 5.75 Å². The topological polar surface area (TPSA) is 79.8 Å². The van der Waals surface area contributed by atoms with Crippen LogP contribution in [0.15, 0.2) is 46.0 Å². The van der Waals surface area contributed by atoms with Crippen LogP contribution in [0.1, 0.15) is 18.9 Å². The summed E-state index contributed by atoms with van der Waals surface area (Å²) in [5, 5.41) is 7.41. The average molecular weight is 487 g/mol. The van der Waals surface area contributed by atoms with E-state index < -0.39 is 5.91 Å². The maximum absolute atomic E-state index is 12.0. The Kier molecular flexibility index (Phi) is 8.29. The van der Waals surface area contributed by atoms with Crippen molar-refractivity contribution < 1.29 is 14.3 Å². The minimum atomic E-state index is -0.429. The first-order valence-corrected chi connectivity index (χ1v) is 9.74. The molecule has 0 heterocycles. The predicted molar refractivity (Wildman–Crippen MR) is 115 cm³/mol. The Morgan fingerprint density at radius 3 is 2.43 bits per heavy atom. The van der Waals surface area contributed by atoms with Crippen LogP contribution in [-0.4, -0.2) is 24.1 Å². The SMILES string of the molecule is C/C(CC(=O)Nc1cc(Cl)cc(Cl)c1)=N\NC(=O)COc1ccc(Br)c(C)c1. The van der Waals surface area contributed by atoms with Crippen LogP contribution in [0.4, 0.5) is 5.69 Å². The molecule has 0 aromatic heterocycles. The zero-order valence-corrected chi connectivity index (χ0v) is 18.3. The highest BCUT2D eigenvalue weighted by atomic mass is 79.9. The lowest BCUT2D eigenvalue weighted by molar-refractivity contribution is -0.123. The van der Waals surface area contributed by atoms with Gasteiger partial charge in [0.1, 0.15) is 5.75 Å². The van der Waals surface area contributed by atoms with Crippen molar-refractivity contribution in [2.24, 2.45) is 5.10 Å². The molecule has 9 heteroatoms. The van der Waals surface area contributed by atoms with Gasteiger partial charge in [-0.1, -0.05) is 39.1 Å². The first-order valence-electron chi connectivity index (χ1n) is 8.20. The molecular weight excluding hydrogens is 469 g/mol. The molecule has 2 rings (SSSR count). The smallest absolute Gasteiger partial charge is 0.277 e. The van der Waals surface area contributed by atoms with Crippen LogP contribution in [0, 0.1) is 6.92 Å². The number of benzene rings is 2. The number of hydrogen-bond donors (Lipinski definition) is 2.